The van der Waals surface area contributed by atoms with E-state index in [1.807, 2.05) is 0 Å². The van der Waals surface area contributed by atoms with Gasteiger partial charge in [0.1, 0.15) is 0 Å². The monoisotopic (exact) mass is 196 g/mol. The Balaban J connectivity index is 1.70. The van der Waals surface area contributed by atoms with Crippen LogP contribution in [0.5, 0.6) is 0 Å². The molecule has 2 nitrogen and oxygen atoms in total. The third-order valence-electron chi connectivity index (χ3n) is 3.81. The molecular weight excluding hydrogens is 172 g/mol. The van der Waals surface area contributed by atoms with Gasteiger partial charge in [0.25, 0.3) is 0 Å². The minimum atomic E-state index is 0.746. The maximum Gasteiger partial charge on any atom is 0.0242 e. The number of hydrogen-bond donors (Lipinski definition) is 1. The zero-order chi connectivity index (χ0) is 10.1. The van der Waals surface area contributed by atoms with Gasteiger partial charge in [-0.1, -0.05) is 0 Å². The maximum atomic E-state index is 3.71. The Kier molecular flexibility index (Phi) is 3.13. The lowest BCUT2D eigenvalue weighted by Crippen LogP contribution is -2.43. The van der Waals surface area contributed by atoms with E-state index in [-0.39, 0.29) is 0 Å². The van der Waals surface area contributed by atoms with Crippen LogP contribution in [0.3, 0.4) is 0 Å². The van der Waals surface area contributed by atoms with Crippen molar-refractivity contribution < 1.29 is 0 Å². The molecule has 0 aliphatic heterocycles. The standard InChI is InChI=1S/C12H24N2/c1-9(10-4-5-10)13-8-12(14(2)3)11-6-7-11/h9-13H,4-8H2,1-3H3. The van der Waals surface area contributed by atoms with E-state index in [2.05, 4.69) is 31.2 Å². The maximum absolute atomic E-state index is 3.71. The zero-order valence-electron chi connectivity index (χ0n) is 9.79. The van der Waals surface area contributed by atoms with Crippen LogP contribution in [-0.4, -0.2) is 37.6 Å². The molecule has 2 rings (SSSR count). The largest absolute Gasteiger partial charge is 0.312 e. The minimum absolute atomic E-state index is 0.746. The minimum Gasteiger partial charge on any atom is -0.312 e. The van der Waals surface area contributed by atoms with Crippen LogP contribution in [0.4, 0.5) is 0 Å². The number of nitrogens with zero attached hydrogens (tertiary/aromatic N) is 1. The van der Waals surface area contributed by atoms with Crippen LogP contribution >= 0.6 is 0 Å². The Bertz CT molecular complexity index is 181. The van der Waals surface area contributed by atoms with Crippen molar-refractivity contribution in [3.8, 4) is 0 Å². The van der Waals surface area contributed by atoms with Crippen molar-refractivity contribution in [2.24, 2.45) is 11.8 Å². The normalized spacial score (nSPS) is 26.6. The van der Waals surface area contributed by atoms with E-state index in [0.717, 1.165) is 23.9 Å². The van der Waals surface area contributed by atoms with Crippen molar-refractivity contribution in [1.82, 2.24) is 10.2 Å². The van der Waals surface area contributed by atoms with Gasteiger partial charge >= 0.3 is 0 Å². The van der Waals surface area contributed by atoms with Gasteiger partial charge in [0.2, 0.25) is 0 Å². The van der Waals surface area contributed by atoms with Gasteiger partial charge in [0, 0.05) is 18.6 Å². The second-order valence-electron chi connectivity index (χ2n) is 5.40. The average Bonchev–Trinajstić information content (AvgIpc) is 2.99. The summed E-state index contributed by atoms with van der Waals surface area (Å²) in [4.78, 5) is 2.39. The first-order valence-electron chi connectivity index (χ1n) is 6.08. The quantitative estimate of drug-likeness (QED) is 0.696. The van der Waals surface area contributed by atoms with E-state index < -0.39 is 0 Å². The Labute approximate surface area is 88.1 Å². The molecule has 0 spiro atoms. The highest BCUT2D eigenvalue weighted by molar-refractivity contribution is 4.90. The Morgan fingerprint density at radius 2 is 1.71 bits per heavy atom. The van der Waals surface area contributed by atoms with E-state index in [0.29, 0.717) is 0 Å². The molecule has 0 heterocycles. The molecule has 0 amide bonds. The van der Waals surface area contributed by atoms with Crippen molar-refractivity contribution in [1.29, 1.82) is 0 Å². The number of hydrogen-bond acceptors (Lipinski definition) is 2. The lowest BCUT2D eigenvalue weighted by atomic mass is 10.1. The van der Waals surface area contributed by atoms with Crippen molar-refractivity contribution in [2.45, 2.75) is 44.7 Å². The zero-order valence-corrected chi connectivity index (χ0v) is 9.79. The third-order valence-corrected chi connectivity index (χ3v) is 3.81. The summed E-state index contributed by atoms with van der Waals surface area (Å²) in [6.45, 7) is 3.53. The van der Waals surface area contributed by atoms with E-state index in [1.54, 1.807) is 0 Å². The van der Waals surface area contributed by atoms with Gasteiger partial charge in [0.15, 0.2) is 0 Å². The molecule has 2 aliphatic rings. The molecule has 82 valence electrons. The number of nitrogens with one attached hydrogen (secondary N) is 1. The molecule has 1 N–H and O–H groups in total. The van der Waals surface area contributed by atoms with Crippen molar-refractivity contribution in [2.75, 3.05) is 20.6 Å². The summed E-state index contributed by atoms with van der Waals surface area (Å²) in [6, 6.07) is 1.52. The summed E-state index contributed by atoms with van der Waals surface area (Å²) < 4.78 is 0. The van der Waals surface area contributed by atoms with Crippen molar-refractivity contribution >= 4 is 0 Å². The van der Waals surface area contributed by atoms with Gasteiger partial charge in [-0.2, -0.15) is 0 Å². The van der Waals surface area contributed by atoms with Crippen LogP contribution in [-0.2, 0) is 0 Å². The van der Waals surface area contributed by atoms with E-state index in [1.165, 1.54) is 32.2 Å². The van der Waals surface area contributed by atoms with Gasteiger partial charge in [-0.15, -0.1) is 0 Å². The van der Waals surface area contributed by atoms with Crippen LogP contribution in [0.15, 0.2) is 0 Å². The fourth-order valence-corrected chi connectivity index (χ4v) is 2.32. The molecular formula is C12H24N2. The molecule has 0 bridgehead atoms. The molecule has 14 heavy (non-hydrogen) atoms. The van der Waals surface area contributed by atoms with Crippen LogP contribution in [0, 0.1) is 11.8 Å². The summed E-state index contributed by atoms with van der Waals surface area (Å²) in [5.41, 5.74) is 0. The summed E-state index contributed by atoms with van der Waals surface area (Å²) in [5, 5.41) is 3.71. The van der Waals surface area contributed by atoms with Gasteiger partial charge in [0.05, 0.1) is 0 Å². The first-order chi connectivity index (χ1) is 6.68. The fourth-order valence-electron chi connectivity index (χ4n) is 2.32. The smallest absolute Gasteiger partial charge is 0.0242 e. The topological polar surface area (TPSA) is 15.3 Å². The van der Waals surface area contributed by atoms with Crippen molar-refractivity contribution in [3.05, 3.63) is 0 Å². The van der Waals surface area contributed by atoms with Gasteiger partial charge in [-0.25, -0.2) is 0 Å². The molecule has 0 aromatic heterocycles. The second-order valence-corrected chi connectivity index (χ2v) is 5.40. The first kappa shape index (κ1) is 10.4. The lowest BCUT2D eigenvalue weighted by Gasteiger charge is -2.26. The van der Waals surface area contributed by atoms with Crippen LogP contribution < -0.4 is 5.32 Å². The number of rotatable bonds is 6. The van der Waals surface area contributed by atoms with Crippen LogP contribution in [0.25, 0.3) is 0 Å². The molecule has 2 heteroatoms. The molecule has 0 saturated heterocycles. The summed E-state index contributed by atoms with van der Waals surface area (Å²) >= 11 is 0. The number of likely N-dealkylation sites (N-methyl/N-ethyl adjacent to an activating group) is 1. The molecule has 2 saturated carbocycles. The fraction of sp³-hybridized carbons (Fsp3) is 1.00. The van der Waals surface area contributed by atoms with Crippen LogP contribution in [0.2, 0.25) is 0 Å². The van der Waals surface area contributed by atoms with E-state index in [4.69, 9.17) is 0 Å². The Hall–Kier alpha value is -0.0800. The summed E-state index contributed by atoms with van der Waals surface area (Å²) in [5.74, 6) is 1.96. The van der Waals surface area contributed by atoms with E-state index >= 15 is 0 Å². The summed E-state index contributed by atoms with van der Waals surface area (Å²) in [7, 11) is 4.43. The Morgan fingerprint density at radius 3 is 2.14 bits per heavy atom. The Morgan fingerprint density at radius 1 is 1.14 bits per heavy atom. The second kappa shape index (κ2) is 4.19. The predicted molar refractivity (Wildman–Crippen MR) is 60.4 cm³/mol. The van der Waals surface area contributed by atoms with E-state index in [9.17, 15) is 0 Å². The first-order valence-corrected chi connectivity index (χ1v) is 6.08. The van der Waals surface area contributed by atoms with Gasteiger partial charge in [-0.05, 0) is 58.5 Å². The van der Waals surface area contributed by atoms with Gasteiger partial charge in [-0.3, -0.25) is 0 Å². The molecule has 0 aromatic carbocycles. The molecule has 2 atom stereocenters. The summed E-state index contributed by atoms with van der Waals surface area (Å²) in [6.07, 6.45) is 5.79. The highest BCUT2D eigenvalue weighted by Gasteiger charge is 2.34. The molecule has 0 aromatic rings. The highest BCUT2D eigenvalue weighted by Crippen LogP contribution is 2.35. The predicted octanol–water partition coefficient (Wildman–Crippen LogP) is 1.71. The van der Waals surface area contributed by atoms with Crippen molar-refractivity contribution in [3.63, 3.8) is 0 Å². The van der Waals surface area contributed by atoms with Crippen LogP contribution in [0.1, 0.15) is 32.6 Å². The molecule has 2 fully saturated rings. The third kappa shape index (κ3) is 2.71. The molecule has 2 unspecified atom stereocenters. The molecule has 0 radical (unpaired) electrons. The highest BCUT2D eigenvalue weighted by atomic mass is 15.1. The average molecular weight is 196 g/mol. The lowest BCUT2D eigenvalue weighted by molar-refractivity contribution is 0.247. The van der Waals surface area contributed by atoms with Gasteiger partial charge < -0.3 is 10.2 Å². The molecule has 2 aliphatic carbocycles. The SMILES string of the molecule is CC(NCC(C1CC1)N(C)C)C1CC1.